The van der Waals surface area contributed by atoms with E-state index < -0.39 is 0 Å². The fourth-order valence-corrected chi connectivity index (χ4v) is 3.50. The second-order valence-corrected chi connectivity index (χ2v) is 6.45. The number of carbonyl (C=O) groups excluding carboxylic acids is 1. The van der Waals surface area contributed by atoms with Crippen LogP contribution < -0.4 is 0 Å². The summed E-state index contributed by atoms with van der Waals surface area (Å²) in [6.45, 7) is 6.81. The monoisotopic (exact) mass is 290 g/mol. The summed E-state index contributed by atoms with van der Waals surface area (Å²) in [6.07, 6.45) is 5.64. The zero-order chi connectivity index (χ0) is 14.7. The zero-order valence-electron chi connectivity index (χ0n) is 13.0. The summed E-state index contributed by atoms with van der Waals surface area (Å²) in [4.78, 5) is 17.0. The molecule has 2 aliphatic heterocycles. The molecule has 116 valence electrons. The number of hydrogen-bond acceptors (Lipinski definition) is 3. The largest absolute Gasteiger partial charge is 0.465 e. The van der Waals surface area contributed by atoms with Gasteiger partial charge in [0.15, 0.2) is 0 Å². The van der Waals surface area contributed by atoms with Crippen molar-refractivity contribution in [3.05, 3.63) is 23.7 Å². The van der Waals surface area contributed by atoms with Gasteiger partial charge in [0.1, 0.15) is 11.5 Å². The van der Waals surface area contributed by atoms with Crippen LogP contribution in [0.3, 0.4) is 0 Å². The van der Waals surface area contributed by atoms with Crippen molar-refractivity contribution in [2.45, 2.75) is 45.6 Å². The fourth-order valence-electron chi connectivity index (χ4n) is 3.50. The van der Waals surface area contributed by atoms with Crippen LogP contribution in [0.4, 0.5) is 0 Å². The van der Waals surface area contributed by atoms with Gasteiger partial charge in [-0.2, -0.15) is 0 Å². The highest BCUT2D eigenvalue weighted by atomic mass is 16.3. The second kappa shape index (κ2) is 6.65. The molecule has 3 rings (SSSR count). The molecule has 0 atom stereocenters. The van der Waals surface area contributed by atoms with E-state index in [4.69, 9.17) is 4.42 Å². The lowest BCUT2D eigenvalue weighted by molar-refractivity contribution is -0.138. The minimum absolute atomic E-state index is 0.248. The number of piperidine rings is 2. The molecule has 21 heavy (non-hydrogen) atoms. The SMILES string of the molecule is Cc1ccc(CN2CCC(C(=O)N3CCCCC3)CC2)o1. The van der Waals surface area contributed by atoms with E-state index in [0.717, 1.165) is 57.1 Å². The van der Waals surface area contributed by atoms with E-state index in [2.05, 4.69) is 15.9 Å². The predicted molar refractivity (Wildman–Crippen MR) is 81.9 cm³/mol. The van der Waals surface area contributed by atoms with Gasteiger partial charge in [-0.3, -0.25) is 9.69 Å². The van der Waals surface area contributed by atoms with Gasteiger partial charge in [-0.15, -0.1) is 0 Å². The van der Waals surface area contributed by atoms with E-state index >= 15 is 0 Å². The first-order valence-electron chi connectivity index (χ1n) is 8.29. The van der Waals surface area contributed by atoms with Crippen LogP contribution in [0.15, 0.2) is 16.5 Å². The quantitative estimate of drug-likeness (QED) is 0.859. The molecular formula is C17H26N2O2. The van der Waals surface area contributed by atoms with Crippen LogP contribution in [-0.2, 0) is 11.3 Å². The van der Waals surface area contributed by atoms with E-state index in [-0.39, 0.29) is 5.92 Å². The molecule has 2 fully saturated rings. The van der Waals surface area contributed by atoms with Gasteiger partial charge in [0.25, 0.3) is 0 Å². The van der Waals surface area contributed by atoms with Crippen molar-refractivity contribution >= 4 is 5.91 Å². The van der Waals surface area contributed by atoms with E-state index in [9.17, 15) is 4.79 Å². The summed E-state index contributed by atoms with van der Waals surface area (Å²) in [7, 11) is 0. The van der Waals surface area contributed by atoms with Gasteiger partial charge >= 0.3 is 0 Å². The molecule has 0 unspecified atom stereocenters. The Morgan fingerprint density at radius 3 is 2.48 bits per heavy atom. The third-order valence-electron chi connectivity index (χ3n) is 4.78. The van der Waals surface area contributed by atoms with Gasteiger partial charge in [0.05, 0.1) is 6.54 Å². The molecule has 3 heterocycles. The molecule has 0 radical (unpaired) electrons. The van der Waals surface area contributed by atoms with Crippen molar-refractivity contribution in [3.8, 4) is 0 Å². The number of rotatable bonds is 3. The Labute approximate surface area is 127 Å². The summed E-state index contributed by atoms with van der Waals surface area (Å²) >= 11 is 0. The standard InChI is InChI=1S/C17H26N2O2/c1-14-5-6-16(21-14)13-18-11-7-15(8-12-18)17(20)19-9-3-2-4-10-19/h5-6,15H,2-4,7-13H2,1H3. The number of carbonyl (C=O) groups is 1. The van der Waals surface area contributed by atoms with Crippen molar-refractivity contribution in [2.24, 2.45) is 5.92 Å². The average Bonchev–Trinajstić information content (AvgIpc) is 2.93. The first-order valence-corrected chi connectivity index (χ1v) is 8.29. The predicted octanol–water partition coefficient (Wildman–Crippen LogP) is 2.81. The number of furan rings is 1. The van der Waals surface area contributed by atoms with Crippen molar-refractivity contribution in [3.63, 3.8) is 0 Å². The van der Waals surface area contributed by atoms with Crippen LogP contribution in [-0.4, -0.2) is 41.9 Å². The van der Waals surface area contributed by atoms with Gasteiger partial charge in [-0.1, -0.05) is 0 Å². The lowest BCUT2D eigenvalue weighted by Gasteiger charge is -2.35. The maximum Gasteiger partial charge on any atom is 0.225 e. The van der Waals surface area contributed by atoms with Crippen LogP contribution in [0.2, 0.25) is 0 Å². The second-order valence-electron chi connectivity index (χ2n) is 6.45. The maximum absolute atomic E-state index is 12.5. The van der Waals surface area contributed by atoms with Gasteiger partial charge < -0.3 is 9.32 Å². The van der Waals surface area contributed by atoms with E-state index in [1.54, 1.807) is 0 Å². The Morgan fingerprint density at radius 2 is 1.86 bits per heavy atom. The molecule has 0 spiro atoms. The summed E-state index contributed by atoms with van der Waals surface area (Å²) in [5, 5.41) is 0. The molecule has 0 aromatic carbocycles. The molecular weight excluding hydrogens is 264 g/mol. The molecule has 4 nitrogen and oxygen atoms in total. The number of nitrogens with zero attached hydrogens (tertiary/aromatic N) is 2. The first kappa shape index (κ1) is 14.6. The highest BCUT2D eigenvalue weighted by molar-refractivity contribution is 5.79. The molecule has 2 saturated heterocycles. The molecule has 1 aromatic rings. The van der Waals surface area contributed by atoms with Crippen molar-refractivity contribution in [1.29, 1.82) is 0 Å². The van der Waals surface area contributed by atoms with E-state index in [1.165, 1.54) is 19.3 Å². The number of likely N-dealkylation sites (tertiary alicyclic amines) is 2. The summed E-state index contributed by atoms with van der Waals surface area (Å²) in [6, 6.07) is 4.07. The van der Waals surface area contributed by atoms with Gasteiger partial charge in [0, 0.05) is 19.0 Å². The van der Waals surface area contributed by atoms with Crippen LogP contribution in [0.1, 0.15) is 43.6 Å². The van der Waals surface area contributed by atoms with Gasteiger partial charge in [-0.05, 0) is 64.3 Å². The number of hydrogen-bond donors (Lipinski definition) is 0. The minimum Gasteiger partial charge on any atom is -0.465 e. The van der Waals surface area contributed by atoms with E-state index in [1.807, 2.05) is 13.0 Å². The van der Waals surface area contributed by atoms with Crippen LogP contribution in [0.25, 0.3) is 0 Å². The Morgan fingerprint density at radius 1 is 1.14 bits per heavy atom. The highest BCUT2D eigenvalue weighted by Crippen LogP contribution is 2.23. The van der Waals surface area contributed by atoms with Crippen LogP contribution in [0.5, 0.6) is 0 Å². The molecule has 0 N–H and O–H groups in total. The van der Waals surface area contributed by atoms with Crippen LogP contribution >= 0.6 is 0 Å². The van der Waals surface area contributed by atoms with Gasteiger partial charge in [0.2, 0.25) is 5.91 Å². The lowest BCUT2D eigenvalue weighted by atomic mass is 9.94. The Kier molecular flexibility index (Phi) is 4.63. The fraction of sp³-hybridized carbons (Fsp3) is 0.706. The van der Waals surface area contributed by atoms with E-state index in [0.29, 0.717) is 5.91 Å². The topological polar surface area (TPSA) is 36.7 Å². The smallest absolute Gasteiger partial charge is 0.225 e. The molecule has 0 aliphatic carbocycles. The van der Waals surface area contributed by atoms with Crippen LogP contribution in [0, 0.1) is 12.8 Å². The Balaban J connectivity index is 1.47. The summed E-state index contributed by atoms with van der Waals surface area (Å²) < 4.78 is 5.64. The lowest BCUT2D eigenvalue weighted by Crippen LogP contribution is -2.44. The molecule has 1 amide bonds. The third kappa shape index (κ3) is 3.67. The average molecular weight is 290 g/mol. The maximum atomic E-state index is 12.5. The Bertz CT molecular complexity index is 469. The molecule has 2 aliphatic rings. The highest BCUT2D eigenvalue weighted by Gasteiger charge is 2.29. The third-order valence-corrected chi connectivity index (χ3v) is 4.78. The number of amides is 1. The first-order chi connectivity index (χ1) is 10.2. The van der Waals surface area contributed by atoms with Crippen molar-refractivity contribution < 1.29 is 9.21 Å². The molecule has 0 saturated carbocycles. The summed E-state index contributed by atoms with van der Waals surface area (Å²) in [5.74, 6) is 2.66. The minimum atomic E-state index is 0.248. The van der Waals surface area contributed by atoms with Crippen molar-refractivity contribution in [2.75, 3.05) is 26.2 Å². The molecule has 0 bridgehead atoms. The zero-order valence-corrected chi connectivity index (χ0v) is 13.0. The normalized spacial score (nSPS) is 21.7. The number of aryl methyl sites for hydroxylation is 1. The summed E-state index contributed by atoms with van der Waals surface area (Å²) in [5.41, 5.74) is 0. The molecule has 4 heteroatoms. The molecule has 1 aromatic heterocycles. The van der Waals surface area contributed by atoms with Gasteiger partial charge in [-0.25, -0.2) is 0 Å². The van der Waals surface area contributed by atoms with Crippen molar-refractivity contribution in [1.82, 2.24) is 9.80 Å². The Hall–Kier alpha value is -1.29.